The Morgan fingerprint density at radius 2 is 1.70 bits per heavy atom. The Morgan fingerprint density at radius 1 is 1.05 bits per heavy atom. The van der Waals surface area contributed by atoms with Crippen molar-refractivity contribution >= 4 is 11.4 Å². The van der Waals surface area contributed by atoms with E-state index >= 15 is 0 Å². The van der Waals surface area contributed by atoms with Gasteiger partial charge in [-0.3, -0.25) is 0 Å². The molecule has 1 N–H and O–H groups in total. The minimum Gasteiger partial charge on any atom is -0.388 e. The number of halogens is 1. The SMILES string of the molecule is CC[C@H](O)c1ccc(N(CC)c2ccccc2F)cc1. The Morgan fingerprint density at radius 3 is 2.25 bits per heavy atom. The zero-order chi connectivity index (χ0) is 14.5. The van der Waals surface area contributed by atoms with Gasteiger partial charge in [-0.1, -0.05) is 31.2 Å². The molecule has 0 aromatic heterocycles. The number of nitrogens with zero attached hydrogens (tertiary/aromatic N) is 1. The van der Waals surface area contributed by atoms with Crippen LogP contribution in [0.1, 0.15) is 31.9 Å². The molecule has 0 aliphatic heterocycles. The van der Waals surface area contributed by atoms with Gasteiger partial charge < -0.3 is 10.0 Å². The first-order chi connectivity index (χ1) is 9.67. The quantitative estimate of drug-likeness (QED) is 0.871. The largest absolute Gasteiger partial charge is 0.388 e. The van der Waals surface area contributed by atoms with E-state index in [1.54, 1.807) is 12.1 Å². The van der Waals surface area contributed by atoms with E-state index in [0.717, 1.165) is 11.3 Å². The van der Waals surface area contributed by atoms with Crippen molar-refractivity contribution < 1.29 is 9.50 Å². The molecule has 1 atom stereocenters. The highest BCUT2D eigenvalue weighted by molar-refractivity contribution is 5.63. The lowest BCUT2D eigenvalue weighted by molar-refractivity contribution is 0.173. The highest BCUT2D eigenvalue weighted by Crippen LogP contribution is 2.28. The fourth-order valence-corrected chi connectivity index (χ4v) is 2.27. The average Bonchev–Trinajstić information content (AvgIpc) is 2.50. The molecule has 2 rings (SSSR count). The molecule has 0 bridgehead atoms. The van der Waals surface area contributed by atoms with Crippen LogP contribution in [0, 0.1) is 5.82 Å². The predicted octanol–water partition coefficient (Wildman–Crippen LogP) is 4.43. The van der Waals surface area contributed by atoms with Crippen LogP contribution in [-0.2, 0) is 0 Å². The van der Waals surface area contributed by atoms with Gasteiger partial charge in [-0.25, -0.2) is 4.39 Å². The molecule has 20 heavy (non-hydrogen) atoms. The van der Waals surface area contributed by atoms with E-state index in [-0.39, 0.29) is 5.82 Å². The summed E-state index contributed by atoms with van der Waals surface area (Å²) in [6.45, 7) is 4.61. The molecule has 2 nitrogen and oxygen atoms in total. The Balaban J connectivity index is 2.31. The smallest absolute Gasteiger partial charge is 0.146 e. The van der Waals surface area contributed by atoms with Gasteiger partial charge in [0, 0.05) is 12.2 Å². The second kappa shape index (κ2) is 6.53. The number of hydrogen-bond acceptors (Lipinski definition) is 2. The minimum atomic E-state index is -0.437. The highest BCUT2D eigenvalue weighted by Gasteiger charge is 2.12. The third-order valence-corrected chi connectivity index (χ3v) is 3.44. The number of aliphatic hydroxyl groups excluding tert-OH is 1. The fraction of sp³-hybridized carbons (Fsp3) is 0.294. The Hall–Kier alpha value is -1.87. The summed E-state index contributed by atoms with van der Waals surface area (Å²) in [4.78, 5) is 1.91. The molecule has 0 aliphatic rings. The van der Waals surface area contributed by atoms with E-state index in [0.29, 0.717) is 18.7 Å². The number of benzene rings is 2. The van der Waals surface area contributed by atoms with Crippen molar-refractivity contribution in [2.24, 2.45) is 0 Å². The molecule has 0 amide bonds. The van der Waals surface area contributed by atoms with Gasteiger partial charge >= 0.3 is 0 Å². The van der Waals surface area contributed by atoms with Gasteiger partial charge in [0.15, 0.2) is 0 Å². The van der Waals surface area contributed by atoms with Gasteiger partial charge in [0.25, 0.3) is 0 Å². The van der Waals surface area contributed by atoms with Gasteiger partial charge in [-0.05, 0) is 43.2 Å². The van der Waals surface area contributed by atoms with Crippen molar-refractivity contribution in [3.8, 4) is 0 Å². The second-order valence-electron chi connectivity index (χ2n) is 4.71. The first-order valence-corrected chi connectivity index (χ1v) is 6.97. The molecule has 0 radical (unpaired) electrons. The highest BCUT2D eigenvalue weighted by atomic mass is 19.1. The van der Waals surface area contributed by atoms with Crippen molar-refractivity contribution in [2.45, 2.75) is 26.4 Å². The van der Waals surface area contributed by atoms with E-state index < -0.39 is 6.10 Å². The van der Waals surface area contributed by atoms with Gasteiger partial charge in [-0.15, -0.1) is 0 Å². The normalized spacial score (nSPS) is 12.2. The molecule has 0 spiro atoms. The van der Waals surface area contributed by atoms with Crippen molar-refractivity contribution in [1.29, 1.82) is 0 Å². The predicted molar refractivity (Wildman–Crippen MR) is 80.8 cm³/mol. The van der Waals surface area contributed by atoms with Gasteiger partial charge in [0.1, 0.15) is 5.82 Å². The number of rotatable bonds is 5. The minimum absolute atomic E-state index is 0.230. The van der Waals surface area contributed by atoms with Crippen LogP contribution in [-0.4, -0.2) is 11.7 Å². The van der Waals surface area contributed by atoms with Crippen LogP contribution in [0.2, 0.25) is 0 Å². The average molecular weight is 273 g/mol. The third-order valence-electron chi connectivity index (χ3n) is 3.44. The van der Waals surface area contributed by atoms with Gasteiger partial charge in [0.2, 0.25) is 0 Å². The van der Waals surface area contributed by atoms with Crippen molar-refractivity contribution in [3.63, 3.8) is 0 Å². The molecule has 0 saturated heterocycles. The maximum atomic E-state index is 13.9. The summed E-state index contributed by atoms with van der Waals surface area (Å²) in [6.07, 6.45) is 0.247. The number of anilines is 2. The van der Waals surface area contributed by atoms with Crippen LogP contribution in [0.25, 0.3) is 0 Å². The summed E-state index contributed by atoms with van der Waals surface area (Å²) in [6, 6.07) is 14.4. The summed E-state index contributed by atoms with van der Waals surface area (Å²) in [5.74, 6) is -0.230. The van der Waals surface area contributed by atoms with Crippen molar-refractivity contribution in [3.05, 3.63) is 59.9 Å². The van der Waals surface area contributed by atoms with Crippen LogP contribution in [0.15, 0.2) is 48.5 Å². The zero-order valence-electron chi connectivity index (χ0n) is 11.9. The number of aliphatic hydroxyl groups is 1. The van der Waals surface area contributed by atoms with Crippen LogP contribution in [0.3, 0.4) is 0 Å². The molecule has 2 aromatic carbocycles. The maximum absolute atomic E-state index is 13.9. The van der Waals surface area contributed by atoms with Crippen molar-refractivity contribution in [1.82, 2.24) is 0 Å². The van der Waals surface area contributed by atoms with E-state index in [2.05, 4.69) is 0 Å². The number of para-hydroxylation sites is 1. The monoisotopic (exact) mass is 273 g/mol. The summed E-state index contributed by atoms with van der Waals surface area (Å²) < 4.78 is 13.9. The summed E-state index contributed by atoms with van der Waals surface area (Å²) in [7, 11) is 0. The Bertz CT molecular complexity index is 553. The molecule has 0 saturated carbocycles. The van der Waals surface area contributed by atoms with Crippen LogP contribution >= 0.6 is 0 Å². The molecular weight excluding hydrogens is 253 g/mol. The first-order valence-electron chi connectivity index (χ1n) is 6.97. The molecule has 0 heterocycles. The lowest BCUT2D eigenvalue weighted by Gasteiger charge is -2.24. The first kappa shape index (κ1) is 14.5. The van der Waals surface area contributed by atoms with E-state index in [4.69, 9.17) is 0 Å². The fourth-order valence-electron chi connectivity index (χ4n) is 2.27. The van der Waals surface area contributed by atoms with E-state index in [9.17, 15) is 9.50 Å². The zero-order valence-corrected chi connectivity index (χ0v) is 11.9. The molecule has 3 heteroatoms. The molecule has 106 valence electrons. The Labute approximate surface area is 119 Å². The lowest BCUT2D eigenvalue weighted by Crippen LogP contribution is -2.17. The topological polar surface area (TPSA) is 23.5 Å². The number of hydrogen-bond donors (Lipinski definition) is 1. The maximum Gasteiger partial charge on any atom is 0.146 e. The van der Waals surface area contributed by atoms with Crippen LogP contribution < -0.4 is 4.90 Å². The lowest BCUT2D eigenvalue weighted by atomic mass is 10.1. The van der Waals surface area contributed by atoms with Crippen LogP contribution in [0.5, 0.6) is 0 Å². The summed E-state index contributed by atoms with van der Waals surface area (Å²) in [5.41, 5.74) is 2.38. The molecule has 0 fully saturated rings. The molecule has 0 aliphatic carbocycles. The second-order valence-corrected chi connectivity index (χ2v) is 4.71. The van der Waals surface area contributed by atoms with Crippen molar-refractivity contribution in [2.75, 3.05) is 11.4 Å². The van der Waals surface area contributed by atoms with Crippen LogP contribution in [0.4, 0.5) is 15.8 Å². The van der Waals surface area contributed by atoms with E-state index in [1.165, 1.54) is 6.07 Å². The third kappa shape index (κ3) is 2.99. The van der Waals surface area contributed by atoms with Gasteiger partial charge in [0.05, 0.1) is 11.8 Å². The molecule has 0 unspecified atom stereocenters. The summed E-state index contributed by atoms with van der Waals surface area (Å²) in [5, 5.41) is 9.80. The summed E-state index contributed by atoms with van der Waals surface area (Å²) >= 11 is 0. The van der Waals surface area contributed by atoms with Gasteiger partial charge in [-0.2, -0.15) is 0 Å². The standard InChI is InChI=1S/C17H20FNO/c1-3-17(20)13-9-11-14(12-10-13)19(4-2)16-8-6-5-7-15(16)18/h5-12,17,20H,3-4H2,1-2H3/t17-/m0/s1. The molecular formula is C17H20FNO. The van der Waals surface area contributed by atoms with E-state index in [1.807, 2.05) is 49.1 Å². The Kier molecular flexibility index (Phi) is 4.74. The molecule has 2 aromatic rings.